The summed E-state index contributed by atoms with van der Waals surface area (Å²) in [6, 6.07) is 20.0. The zero-order chi connectivity index (χ0) is 25.9. The number of aromatic nitrogens is 1. The van der Waals surface area contributed by atoms with Gasteiger partial charge in [0.1, 0.15) is 5.76 Å². The fourth-order valence-electron chi connectivity index (χ4n) is 3.57. The molecule has 1 atom stereocenters. The third-order valence-electron chi connectivity index (χ3n) is 5.48. The Bertz CT molecular complexity index is 1480. The molecule has 2 N–H and O–H groups in total. The third-order valence-corrected chi connectivity index (χ3v) is 7.59. The number of rotatable bonds is 9. The van der Waals surface area contributed by atoms with Gasteiger partial charge in [-0.2, -0.15) is 0 Å². The standard InChI is InChI=1S/C26H23Cl2N3O4S/c1-16-3-5-18(6-4-16)24(15-25(32)19-7-12-22(27)23(28)14-19)29-20-8-10-21(11-9-20)36(33,34)31-26-13-17(2)35-30-26/h3-14,24,29H,15H2,1-2H3,(H,30,31). The Balaban J connectivity index is 1.55. The van der Waals surface area contributed by atoms with Gasteiger partial charge in [0.15, 0.2) is 11.6 Å². The van der Waals surface area contributed by atoms with Gasteiger partial charge < -0.3 is 9.84 Å². The number of nitrogens with zero attached hydrogens (tertiary/aromatic N) is 1. The van der Waals surface area contributed by atoms with E-state index < -0.39 is 10.0 Å². The lowest BCUT2D eigenvalue weighted by atomic mass is 9.97. The van der Waals surface area contributed by atoms with Crippen LogP contribution in [-0.2, 0) is 10.0 Å². The molecule has 0 aliphatic heterocycles. The first-order valence-electron chi connectivity index (χ1n) is 11.0. The zero-order valence-corrected chi connectivity index (χ0v) is 21.8. The molecule has 0 spiro atoms. The number of anilines is 2. The fourth-order valence-corrected chi connectivity index (χ4v) is 4.85. The summed E-state index contributed by atoms with van der Waals surface area (Å²) in [6.07, 6.45) is 0.147. The van der Waals surface area contributed by atoms with Crippen molar-refractivity contribution in [1.82, 2.24) is 5.16 Å². The Hall–Kier alpha value is -3.33. The second-order valence-corrected chi connectivity index (χ2v) is 10.8. The second kappa shape index (κ2) is 10.7. The van der Waals surface area contributed by atoms with Crippen molar-refractivity contribution < 1.29 is 17.7 Å². The predicted octanol–water partition coefficient (Wildman–Crippen LogP) is 6.83. The van der Waals surface area contributed by atoms with Crippen LogP contribution in [0.25, 0.3) is 0 Å². The van der Waals surface area contributed by atoms with Crippen molar-refractivity contribution in [3.05, 3.63) is 105 Å². The number of nitrogens with one attached hydrogen (secondary N) is 2. The fraction of sp³-hybridized carbons (Fsp3) is 0.154. The Morgan fingerprint density at radius 2 is 1.64 bits per heavy atom. The normalized spacial score (nSPS) is 12.2. The highest BCUT2D eigenvalue weighted by Gasteiger charge is 2.20. The van der Waals surface area contributed by atoms with Crippen LogP contribution in [0.1, 0.15) is 39.7 Å². The summed E-state index contributed by atoms with van der Waals surface area (Å²) in [4.78, 5) is 13.1. The van der Waals surface area contributed by atoms with Crippen LogP contribution >= 0.6 is 23.2 Å². The van der Waals surface area contributed by atoms with Crippen LogP contribution < -0.4 is 10.0 Å². The van der Waals surface area contributed by atoms with Crippen LogP contribution in [0.3, 0.4) is 0 Å². The van der Waals surface area contributed by atoms with Gasteiger partial charge in [0.05, 0.1) is 21.0 Å². The molecule has 0 bridgehead atoms. The molecule has 186 valence electrons. The molecular weight excluding hydrogens is 521 g/mol. The van der Waals surface area contributed by atoms with Gasteiger partial charge in [0, 0.05) is 23.7 Å². The average molecular weight is 544 g/mol. The van der Waals surface area contributed by atoms with Gasteiger partial charge in [-0.15, -0.1) is 0 Å². The van der Waals surface area contributed by atoms with Crippen LogP contribution in [-0.4, -0.2) is 19.4 Å². The molecule has 0 saturated carbocycles. The van der Waals surface area contributed by atoms with E-state index >= 15 is 0 Å². The lowest BCUT2D eigenvalue weighted by Crippen LogP contribution is -2.16. The molecule has 10 heteroatoms. The molecule has 1 aromatic heterocycles. The van der Waals surface area contributed by atoms with Gasteiger partial charge in [0.2, 0.25) is 0 Å². The van der Waals surface area contributed by atoms with Gasteiger partial charge in [-0.05, 0) is 61.9 Å². The Labute approximate surface area is 219 Å². The van der Waals surface area contributed by atoms with Gasteiger partial charge in [-0.3, -0.25) is 9.52 Å². The molecule has 0 aliphatic rings. The highest BCUT2D eigenvalue weighted by Crippen LogP contribution is 2.28. The highest BCUT2D eigenvalue weighted by atomic mass is 35.5. The molecule has 4 rings (SSSR count). The number of halogens is 2. The molecule has 1 heterocycles. The lowest BCUT2D eigenvalue weighted by Gasteiger charge is -2.21. The third kappa shape index (κ3) is 6.26. The van der Waals surface area contributed by atoms with Crippen molar-refractivity contribution in [3.8, 4) is 0 Å². The Kier molecular flexibility index (Phi) is 7.68. The van der Waals surface area contributed by atoms with Crippen LogP contribution in [0.15, 0.2) is 82.2 Å². The minimum atomic E-state index is -3.84. The summed E-state index contributed by atoms with van der Waals surface area (Å²) in [6.45, 7) is 3.66. The number of ketones is 1. The Morgan fingerprint density at radius 3 is 2.25 bits per heavy atom. The number of carbonyl (C=O) groups excluding carboxylic acids is 1. The maximum atomic E-state index is 13.1. The van der Waals surface area contributed by atoms with Crippen molar-refractivity contribution in [1.29, 1.82) is 0 Å². The number of hydrogen-bond donors (Lipinski definition) is 2. The summed E-state index contributed by atoms with van der Waals surface area (Å²) < 4.78 is 32.6. The van der Waals surface area contributed by atoms with E-state index in [9.17, 15) is 13.2 Å². The molecule has 0 radical (unpaired) electrons. The lowest BCUT2D eigenvalue weighted by molar-refractivity contribution is 0.0976. The van der Waals surface area contributed by atoms with Crippen molar-refractivity contribution in [2.45, 2.75) is 31.2 Å². The van der Waals surface area contributed by atoms with Gasteiger partial charge in [-0.25, -0.2) is 8.42 Å². The predicted molar refractivity (Wildman–Crippen MR) is 141 cm³/mol. The summed E-state index contributed by atoms with van der Waals surface area (Å²) in [7, 11) is -3.84. The first-order chi connectivity index (χ1) is 17.1. The number of Topliss-reactive ketones (excluding diaryl/α,β-unsaturated/α-hetero) is 1. The number of carbonyl (C=O) groups is 1. The topological polar surface area (TPSA) is 101 Å². The summed E-state index contributed by atoms with van der Waals surface area (Å²) in [5.74, 6) is 0.484. The van der Waals surface area contributed by atoms with E-state index in [0.29, 0.717) is 27.1 Å². The van der Waals surface area contributed by atoms with E-state index in [1.807, 2.05) is 31.2 Å². The monoisotopic (exact) mass is 543 g/mol. The molecule has 4 aromatic rings. The zero-order valence-electron chi connectivity index (χ0n) is 19.5. The van der Waals surface area contributed by atoms with Gasteiger partial charge in [-0.1, -0.05) is 58.2 Å². The Morgan fingerprint density at radius 1 is 0.944 bits per heavy atom. The van der Waals surface area contributed by atoms with Crippen LogP contribution in [0, 0.1) is 13.8 Å². The molecule has 0 fully saturated rings. The summed E-state index contributed by atoms with van der Waals surface area (Å²) in [5, 5.41) is 7.70. The summed E-state index contributed by atoms with van der Waals surface area (Å²) in [5.41, 5.74) is 3.11. The number of sulfonamides is 1. The SMILES string of the molecule is Cc1ccc(C(CC(=O)c2ccc(Cl)c(Cl)c2)Nc2ccc(S(=O)(=O)Nc3cc(C)on3)cc2)cc1. The maximum Gasteiger partial charge on any atom is 0.263 e. The number of aryl methyl sites for hydroxylation is 2. The largest absolute Gasteiger partial charge is 0.378 e. The molecular formula is C26H23Cl2N3O4S. The molecule has 3 aromatic carbocycles. The molecule has 1 unspecified atom stereocenters. The minimum Gasteiger partial charge on any atom is -0.378 e. The smallest absolute Gasteiger partial charge is 0.263 e. The molecule has 7 nitrogen and oxygen atoms in total. The number of hydrogen-bond acceptors (Lipinski definition) is 6. The summed E-state index contributed by atoms with van der Waals surface area (Å²) >= 11 is 12.1. The van der Waals surface area contributed by atoms with E-state index in [4.69, 9.17) is 27.7 Å². The van der Waals surface area contributed by atoms with Crippen molar-refractivity contribution in [2.75, 3.05) is 10.0 Å². The van der Waals surface area contributed by atoms with Crippen molar-refractivity contribution in [2.24, 2.45) is 0 Å². The van der Waals surface area contributed by atoms with E-state index in [-0.39, 0.29) is 29.0 Å². The average Bonchev–Trinajstić information content (AvgIpc) is 3.25. The van der Waals surface area contributed by atoms with E-state index in [0.717, 1.165) is 11.1 Å². The van der Waals surface area contributed by atoms with Gasteiger partial charge in [0.25, 0.3) is 10.0 Å². The van der Waals surface area contributed by atoms with Crippen LogP contribution in [0.5, 0.6) is 0 Å². The minimum absolute atomic E-state index is 0.0625. The van der Waals surface area contributed by atoms with E-state index in [1.54, 1.807) is 37.3 Å². The second-order valence-electron chi connectivity index (χ2n) is 8.32. The van der Waals surface area contributed by atoms with Crippen LogP contribution in [0.4, 0.5) is 11.5 Å². The van der Waals surface area contributed by atoms with Crippen molar-refractivity contribution in [3.63, 3.8) is 0 Å². The van der Waals surface area contributed by atoms with Crippen molar-refractivity contribution >= 4 is 50.5 Å². The molecule has 0 saturated heterocycles. The molecule has 0 aliphatic carbocycles. The van der Waals surface area contributed by atoms with E-state index in [2.05, 4.69) is 15.2 Å². The van der Waals surface area contributed by atoms with Crippen LogP contribution in [0.2, 0.25) is 10.0 Å². The van der Waals surface area contributed by atoms with E-state index in [1.165, 1.54) is 18.2 Å². The maximum absolute atomic E-state index is 13.1. The molecule has 0 amide bonds. The first kappa shape index (κ1) is 25.8. The number of benzene rings is 3. The quantitative estimate of drug-likeness (QED) is 0.224. The highest BCUT2D eigenvalue weighted by molar-refractivity contribution is 7.92. The van der Waals surface area contributed by atoms with Gasteiger partial charge >= 0.3 is 0 Å². The molecule has 36 heavy (non-hydrogen) atoms. The first-order valence-corrected chi connectivity index (χ1v) is 13.2.